The van der Waals surface area contributed by atoms with E-state index in [0.29, 0.717) is 13.1 Å². The average Bonchev–Trinajstić information content (AvgIpc) is 2.80. The molecule has 0 fully saturated rings. The molecule has 2 rings (SSSR count). The first-order valence-electron chi connectivity index (χ1n) is 5.22. The SMILES string of the molecule is Cc1nc2sccn2c1CNCCOC(N)=O. The Balaban J connectivity index is 1.88. The molecule has 0 unspecified atom stereocenters. The molecule has 2 aromatic rings. The van der Waals surface area contributed by atoms with Crippen LogP contribution in [-0.2, 0) is 11.3 Å². The molecule has 0 saturated carbocycles. The zero-order chi connectivity index (χ0) is 12.3. The summed E-state index contributed by atoms with van der Waals surface area (Å²) in [4.78, 5) is 15.8. The fourth-order valence-electron chi connectivity index (χ4n) is 1.58. The molecule has 3 N–H and O–H groups in total. The number of hydrogen-bond acceptors (Lipinski definition) is 5. The fraction of sp³-hybridized carbons (Fsp3) is 0.400. The van der Waals surface area contributed by atoms with Crippen molar-refractivity contribution in [3.8, 4) is 0 Å². The lowest BCUT2D eigenvalue weighted by Gasteiger charge is -2.05. The van der Waals surface area contributed by atoms with Crippen molar-refractivity contribution in [2.45, 2.75) is 13.5 Å². The minimum Gasteiger partial charge on any atom is -0.448 e. The Morgan fingerprint density at radius 2 is 2.53 bits per heavy atom. The Bertz CT molecular complexity index is 519. The molecule has 0 radical (unpaired) electrons. The quantitative estimate of drug-likeness (QED) is 0.776. The van der Waals surface area contributed by atoms with Gasteiger partial charge in [-0.25, -0.2) is 9.78 Å². The molecule has 17 heavy (non-hydrogen) atoms. The number of rotatable bonds is 5. The Kier molecular flexibility index (Phi) is 3.60. The second kappa shape index (κ2) is 5.15. The minimum atomic E-state index is -0.743. The summed E-state index contributed by atoms with van der Waals surface area (Å²) in [6, 6.07) is 0. The zero-order valence-corrected chi connectivity index (χ0v) is 10.3. The summed E-state index contributed by atoms with van der Waals surface area (Å²) in [5, 5.41) is 5.18. The number of hydrogen-bond donors (Lipinski definition) is 2. The Morgan fingerprint density at radius 3 is 3.29 bits per heavy atom. The van der Waals surface area contributed by atoms with Crippen LogP contribution in [-0.4, -0.2) is 28.6 Å². The van der Waals surface area contributed by atoms with E-state index in [1.54, 1.807) is 11.3 Å². The summed E-state index contributed by atoms with van der Waals surface area (Å²) in [5.74, 6) is 0. The van der Waals surface area contributed by atoms with Crippen LogP contribution < -0.4 is 11.1 Å². The van der Waals surface area contributed by atoms with Gasteiger partial charge in [0.2, 0.25) is 0 Å². The van der Waals surface area contributed by atoms with Crippen LogP contribution >= 0.6 is 11.3 Å². The smallest absolute Gasteiger partial charge is 0.404 e. The van der Waals surface area contributed by atoms with Gasteiger partial charge in [0.25, 0.3) is 0 Å². The van der Waals surface area contributed by atoms with Gasteiger partial charge >= 0.3 is 6.09 Å². The zero-order valence-electron chi connectivity index (χ0n) is 9.47. The van der Waals surface area contributed by atoms with Gasteiger partial charge in [0.1, 0.15) is 6.61 Å². The summed E-state index contributed by atoms with van der Waals surface area (Å²) >= 11 is 1.61. The molecule has 7 heteroatoms. The van der Waals surface area contributed by atoms with Crippen LogP contribution in [0.3, 0.4) is 0 Å². The third kappa shape index (κ3) is 2.75. The molecule has 0 aliphatic heterocycles. The third-order valence-electron chi connectivity index (χ3n) is 2.38. The number of primary amides is 1. The second-order valence-electron chi connectivity index (χ2n) is 3.54. The topological polar surface area (TPSA) is 81.7 Å². The van der Waals surface area contributed by atoms with Crippen molar-refractivity contribution in [2.75, 3.05) is 13.2 Å². The largest absolute Gasteiger partial charge is 0.448 e. The summed E-state index contributed by atoms with van der Waals surface area (Å²) < 4.78 is 6.68. The number of carbonyl (C=O) groups excluding carboxylic acids is 1. The van der Waals surface area contributed by atoms with Crippen LogP contribution in [0, 0.1) is 6.92 Å². The van der Waals surface area contributed by atoms with Crippen molar-refractivity contribution in [3.63, 3.8) is 0 Å². The first-order chi connectivity index (χ1) is 8.18. The van der Waals surface area contributed by atoms with E-state index in [1.807, 2.05) is 18.5 Å². The number of aryl methyl sites for hydroxylation is 1. The maximum absolute atomic E-state index is 10.3. The van der Waals surface area contributed by atoms with E-state index in [-0.39, 0.29) is 6.61 Å². The van der Waals surface area contributed by atoms with E-state index in [0.717, 1.165) is 16.3 Å². The predicted octanol–water partition coefficient (Wildman–Crippen LogP) is 0.889. The van der Waals surface area contributed by atoms with Crippen molar-refractivity contribution >= 4 is 22.4 Å². The number of imidazole rings is 1. The Labute approximate surface area is 102 Å². The average molecular weight is 254 g/mol. The van der Waals surface area contributed by atoms with Crippen LogP contribution in [0.4, 0.5) is 4.79 Å². The third-order valence-corrected chi connectivity index (χ3v) is 3.13. The van der Waals surface area contributed by atoms with Gasteiger partial charge in [-0.2, -0.15) is 0 Å². The van der Waals surface area contributed by atoms with Crippen molar-refractivity contribution in [1.29, 1.82) is 0 Å². The summed E-state index contributed by atoms with van der Waals surface area (Å²) in [7, 11) is 0. The van der Waals surface area contributed by atoms with Gasteiger partial charge in [0.05, 0.1) is 11.4 Å². The van der Waals surface area contributed by atoms with Crippen LogP contribution in [0.15, 0.2) is 11.6 Å². The lowest BCUT2D eigenvalue weighted by molar-refractivity contribution is 0.157. The number of aromatic nitrogens is 2. The molecule has 0 aromatic carbocycles. The molecule has 2 heterocycles. The standard InChI is InChI=1S/C10H14N4O2S/c1-7-8(6-12-2-4-16-9(11)15)14-3-5-17-10(14)13-7/h3,5,12H,2,4,6H2,1H3,(H2,11,15). The fourth-order valence-corrected chi connectivity index (χ4v) is 2.36. The molecule has 2 aromatic heterocycles. The Hall–Kier alpha value is -1.60. The number of thiazole rings is 1. The van der Waals surface area contributed by atoms with E-state index in [9.17, 15) is 4.79 Å². The highest BCUT2D eigenvalue weighted by atomic mass is 32.1. The highest BCUT2D eigenvalue weighted by molar-refractivity contribution is 7.15. The molecule has 6 nitrogen and oxygen atoms in total. The molecule has 0 atom stereocenters. The maximum atomic E-state index is 10.3. The predicted molar refractivity (Wildman–Crippen MR) is 65.0 cm³/mol. The minimum absolute atomic E-state index is 0.278. The highest BCUT2D eigenvalue weighted by Gasteiger charge is 2.08. The monoisotopic (exact) mass is 254 g/mol. The summed E-state index contributed by atoms with van der Waals surface area (Å²) in [6.07, 6.45) is 1.25. The summed E-state index contributed by atoms with van der Waals surface area (Å²) in [6.45, 7) is 3.52. The number of amides is 1. The maximum Gasteiger partial charge on any atom is 0.404 e. The van der Waals surface area contributed by atoms with Gasteiger partial charge in [-0.3, -0.25) is 4.40 Å². The number of nitrogens with one attached hydrogen (secondary N) is 1. The number of carbonyl (C=O) groups is 1. The number of ether oxygens (including phenoxy) is 1. The first kappa shape index (κ1) is 11.9. The molecule has 0 bridgehead atoms. The van der Waals surface area contributed by atoms with Crippen molar-refractivity contribution < 1.29 is 9.53 Å². The lowest BCUT2D eigenvalue weighted by Crippen LogP contribution is -2.23. The molecule has 0 saturated heterocycles. The molecular formula is C10H14N4O2S. The van der Waals surface area contributed by atoms with Gasteiger partial charge in [0.15, 0.2) is 4.96 Å². The van der Waals surface area contributed by atoms with E-state index in [4.69, 9.17) is 5.73 Å². The van der Waals surface area contributed by atoms with E-state index in [2.05, 4.69) is 19.4 Å². The normalized spacial score (nSPS) is 10.9. The van der Waals surface area contributed by atoms with E-state index < -0.39 is 6.09 Å². The molecule has 0 aliphatic rings. The molecule has 92 valence electrons. The van der Waals surface area contributed by atoms with Crippen LogP contribution in [0.5, 0.6) is 0 Å². The van der Waals surface area contributed by atoms with Gasteiger partial charge in [-0.05, 0) is 6.92 Å². The van der Waals surface area contributed by atoms with E-state index in [1.165, 1.54) is 0 Å². The van der Waals surface area contributed by atoms with Gasteiger partial charge in [-0.1, -0.05) is 0 Å². The lowest BCUT2D eigenvalue weighted by atomic mass is 10.3. The van der Waals surface area contributed by atoms with Crippen LogP contribution in [0.25, 0.3) is 4.96 Å². The molecule has 1 amide bonds. The molecule has 0 aliphatic carbocycles. The number of nitrogens with zero attached hydrogens (tertiary/aromatic N) is 2. The van der Waals surface area contributed by atoms with Crippen molar-refractivity contribution in [1.82, 2.24) is 14.7 Å². The van der Waals surface area contributed by atoms with Gasteiger partial charge < -0.3 is 15.8 Å². The number of nitrogens with two attached hydrogens (primary N) is 1. The second-order valence-corrected chi connectivity index (χ2v) is 4.42. The Morgan fingerprint density at radius 1 is 1.71 bits per heavy atom. The molecule has 0 spiro atoms. The van der Waals surface area contributed by atoms with Crippen LogP contribution in [0.2, 0.25) is 0 Å². The number of fused-ring (bicyclic) bond motifs is 1. The van der Waals surface area contributed by atoms with Crippen LogP contribution in [0.1, 0.15) is 11.4 Å². The van der Waals surface area contributed by atoms with E-state index >= 15 is 0 Å². The van der Waals surface area contributed by atoms with Crippen molar-refractivity contribution in [2.24, 2.45) is 5.73 Å². The van der Waals surface area contributed by atoms with Crippen molar-refractivity contribution in [3.05, 3.63) is 23.0 Å². The first-order valence-corrected chi connectivity index (χ1v) is 6.10. The van der Waals surface area contributed by atoms with Gasteiger partial charge in [-0.15, -0.1) is 11.3 Å². The highest BCUT2D eigenvalue weighted by Crippen LogP contribution is 2.16. The van der Waals surface area contributed by atoms with Gasteiger partial charge in [0, 0.05) is 24.7 Å². The molecular weight excluding hydrogens is 240 g/mol. The summed E-state index contributed by atoms with van der Waals surface area (Å²) in [5.41, 5.74) is 6.99.